The maximum atomic E-state index is 13.4. The summed E-state index contributed by atoms with van der Waals surface area (Å²) in [4.78, 5) is 0. The van der Waals surface area contributed by atoms with Crippen molar-refractivity contribution in [3.05, 3.63) is 23.8 Å². The number of rotatable bonds is 2. The Balaban J connectivity index is 1.90. The molecule has 2 N–H and O–H groups in total. The molecule has 3 rings (SSSR count). The molecule has 1 saturated carbocycles. The quantitative estimate of drug-likeness (QED) is 0.907. The third kappa shape index (κ3) is 2.35. The fourth-order valence-corrected chi connectivity index (χ4v) is 3.08. The normalized spacial score (nSPS) is 23.4. The second kappa shape index (κ2) is 4.88. The number of hydrogen-bond donors (Lipinski definition) is 1. The molecule has 0 bridgehead atoms. The minimum Gasteiger partial charge on any atom is -0.486 e. The van der Waals surface area contributed by atoms with Crippen molar-refractivity contribution in [3.63, 3.8) is 0 Å². The number of hydrogen-bond acceptors (Lipinski definition) is 3. The predicted octanol–water partition coefficient (Wildman–Crippen LogP) is 2.86. The number of nitrogens with two attached hydrogens (primary N) is 1. The van der Waals surface area contributed by atoms with Crippen LogP contribution in [0.2, 0.25) is 0 Å². The zero-order valence-corrected chi connectivity index (χ0v) is 11.3. The van der Waals surface area contributed by atoms with Crippen LogP contribution in [-0.4, -0.2) is 25.7 Å². The van der Waals surface area contributed by atoms with E-state index in [0.717, 1.165) is 5.56 Å². The number of fused-ring (bicyclic) bond motifs is 1. The summed E-state index contributed by atoms with van der Waals surface area (Å²) < 4.78 is 37.8. The van der Waals surface area contributed by atoms with Crippen LogP contribution in [0.1, 0.15) is 31.2 Å². The highest BCUT2D eigenvalue weighted by atomic mass is 19.3. The second-order valence-corrected chi connectivity index (χ2v) is 5.70. The smallest absolute Gasteiger partial charge is 0.248 e. The van der Waals surface area contributed by atoms with E-state index in [4.69, 9.17) is 15.2 Å². The lowest BCUT2D eigenvalue weighted by Crippen LogP contribution is -2.42. The van der Waals surface area contributed by atoms with E-state index in [-0.39, 0.29) is 18.3 Å². The van der Waals surface area contributed by atoms with Crippen molar-refractivity contribution >= 4 is 0 Å². The second-order valence-electron chi connectivity index (χ2n) is 5.70. The van der Waals surface area contributed by atoms with Crippen molar-refractivity contribution < 1.29 is 18.3 Å². The van der Waals surface area contributed by atoms with E-state index < -0.39 is 5.92 Å². The molecule has 0 unspecified atom stereocenters. The fourth-order valence-electron chi connectivity index (χ4n) is 3.08. The topological polar surface area (TPSA) is 44.5 Å². The lowest BCUT2D eigenvalue weighted by Gasteiger charge is -2.40. The number of alkyl halides is 2. The van der Waals surface area contributed by atoms with Gasteiger partial charge in [-0.2, -0.15) is 0 Å². The molecule has 1 aromatic rings. The van der Waals surface area contributed by atoms with Crippen molar-refractivity contribution in [2.24, 2.45) is 5.73 Å². The standard InChI is InChI=1S/C15H19F2NO2/c16-15(17)5-3-14(10-18,4-6-15)11-1-2-12-13(9-11)20-8-7-19-12/h1-2,9H,3-8,10,18H2. The molecular formula is C15H19F2NO2. The lowest BCUT2D eigenvalue weighted by molar-refractivity contribution is -0.0509. The summed E-state index contributed by atoms with van der Waals surface area (Å²) >= 11 is 0. The van der Waals surface area contributed by atoms with Crippen molar-refractivity contribution in [3.8, 4) is 11.5 Å². The van der Waals surface area contributed by atoms with E-state index in [2.05, 4.69) is 0 Å². The third-order valence-electron chi connectivity index (χ3n) is 4.48. The van der Waals surface area contributed by atoms with Gasteiger partial charge in [0.2, 0.25) is 5.92 Å². The van der Waals surface area contributed by atoms with Gasteiger partial charge >= 0.3 is 0 Å². The Labute approximate surface area is 117 Å². The van der Waals surface area contributed by atoms with Gasteiger partial charge in [-0.15, -0.1) is 0 Å². The molecule has 1 fully saturated rings. The molecule has 20 heavy (non-hydrogen) atoms. The molecule has 1 aromatic carbocycles. The highest BCUT2D eigenvalue weighted by Crippen LogP contribution is 2.46. The van der Waals surface area contributed by atoms with Gasteiger partial charge in [-0.05, 0) is 30.5 Å². The largest absolute Gasteiger partial charge is 0.486 e. The Morgan fingerprint density at radius 3 is 2.30 bits per heavy atom. The van der Waals surface area contributed by atoms with Crippen molar-refractivity contribution in [1.82, 2.24) is 0 Å². The van der Waals surface area contributed by atoms with Gasteiger partial charge in [0.25, 0.3) is 0 Å². The van der Waals surface area contributed by atoms with Crippen LogP contribution in [0.4, 0.5) is 8.78 Å². The monoisotopic (exact) mass is 283 g/mol. The summed E-state index contributed by atoms with van der Waals surface area (Å²) in [5.74, 6) is -1.14. The molecular weight excluding hydrogens is 264 g/mol. The molecule has 2 aliphatic rings. The number of halogens is 2. The summed E-state index contributed by atoms with van der Waals surface area (Å²) in [6.45, 7) is 1.44. The SMILES string of the molecule is NCC1(c2ccc3c(c2)OCCO3)CCC(F)(F)CC1. The molecule has 0 amide bonds. The minimum atomic E-state index is -2.55. The fraction of sp³-hybridized carbons (Fsp3) is 0.600. The van der Waals surface area contributed by atoms with Crippen LogP contribution in [0, 0.1) is 0 Å². The summed E-state index contributed by atoms with van der Waals surface area (Å²) in [5.41, 5.74) is 6.54. The molecule has 3 nitrogen and oxygen atoms in total. The van der Waals surface area contributed by atoms with Gasteiger partial charge in [0.15, 0.2) is 11.5 Å². The molecule has 0 atom stereocenters. The van der Waals surface area contributed by atoms with Crippen LogP contribution in [-0.2, 0) is 5.41 Å². The Morgan fingerprint density at radius 2 is 1.65 bits per heavy atom. The average molecular weight is 283 g/mol. The molecule has 0 radical (unpaired) electrons. The van der Waals surface area contributed by atoms with Crippen LogP contribution in [0.15, 0.2) is 18.2 Å². The molecule has 1 aliphatic carbocycles. The summed E-state index contributed by atoms with van der Waals surface area (Å²) in [5, 5.41) is 0. The molecule has 5 heteroatoms. The predicted molar refractivity (Wildman–Crippen MR) is 71.6 cm³/mol. The molecule has 0 spiro atoms. The van der Waals surface area contributed by atoms with Gasteiger partial charge < -0.3 is 15.2 Å². The van der Waals surface area contributed by atoms with Crippen LogP contribution in [0.25, 0.3) is 0 Å². The molecule has 1 aliphatic heterocycles. The first-order valence-corrected chi connectivity index (χ1v) is 7.03. The third-order valence-corrected chi connectivity index (χ3v) is 4.48. The molecule has 110 valence electrons. The zero-order chi connectivity index (χ0) is 14.2. The molecule has 0 saturated heterocycles. The van der Waals surface area contributed by atoms with Gasteiger partial charge in [-0.3, -0.25) is 0 Å². The van der Waals surface area contributed by atoms with Crippen LogP contribution in [0.3, 0.4) is 0 Å². The first kappa shape index (κ1) is 13.6. The first-order valence-electron chi connectivity index (χ1n) is 7.03. The summed E-state index contributed by atoms with van der Waals surface area (Å²) in [6.07, 6.45) is 0.629. The van der Waals surface area contributed by atoms with Gasteiger partial charge in [0, 0.05) is 24.8 Å². The molecule has 0 aromatic heterocycles. The number of ether oxygens (including phenoxy) is 2. The highest BCUT2D eigenvalue weighted by Gasteiger charge is 2.43. The zero-order valence-electron chi connectivity index (χ0n) is 11.3. The van der Waals surface area contributed by atoms with Crippen molar-refractivity contribution in [2.45, 2.75) is 37.0 Å². The average Bonchev–Trinajstić information content (AvgIpc) is 2.47. The minimum absolute atomic E-state index is 0.0986. The van der Waals surface area contributed by atoms with E-state index in [9.17, 15) is 8.78 Å². The van der Waals surface area contributed by atoms with E-state index in [1.54, 1.807) is 0 Å². The Morgan fingerprint density at radius 1 is 1.00 bits per heavy atom. The molecule has 1 heterocycles. The summed E-state index contributed by atoms with van der Waals surface area (Å²) in [7, 11) is 0. The Bertz CT molecular complexity index is 495. The number of benzene rings is 1. The van der Waals surface area contributed by atoms with Crippen LogP contribution >= 0.6 is 0 Å². The van der Waals surface area contributed by atoms with Gasteiger partial charge in [0.05, 0.1) is 0 Å². The lowest BCUT2D eigenvalue weighted by atomic mass is 9.68. The van der Waals surface area contributed by atoms with Gasteiger partial charge in [-0.1, -0.05) is 6.07 Å². The highest BCUT2D eigenvalue weighted by molar-refractivity contribution is 5.46. The van der Waals surface area contributed by atoms with Crippen molar-refractivity contribution in [2.75, 3.05) is 19.8 Å². The van der Waals surface area contributed by atoms with Gasteiger partial charge in [-0.25, -0.2) is 8.78 Å². The maximum absolute atomic E-state index is 13.4. The van der Waals surface area contributed by atoms with Gasteiger partial charge in [0.1, 0.15) is 13.2 Å². The van der Waals surface area contributed by atoms with Crippen molar-refractivity contribution in [1.29, 1.82) is 0 Å². The van der Waals surface area contributed by atoms with E-state index in [1.165, 1.54) is 0 Å². The Kier molecular flexibility index (Phi) is 3.32. The van der Waals surface area contributed by atoms with E-state index in [1.807, 2.05) is 18.2 Å². The van der Waals surface area contributed by atoms with E-state index >= 15 is 0 Å². The van der Waals surface area contributed by atoms with E-state index in [0.29, 0.717) is 44.1 Å². The summed E-state index contributed by atoms with van der Waals surface area (Å²) in [6, 6.07) is 5.70. The van der Waals surface area contributed by atoms with Crippen LogP contribution < -0.4 is 15.2 Å². The first-order chi connectivity index (χ1) is 9.55. The van der Waals surface area contributed by atoms with Crippen LogP contribution in [0.5, 0.6) is 11.5 Å². The Hall–Kier alpha value is -1.36. The maximum Gasteiger partial charge on any atom is 0.248 e.